The standard InChI is InChI=1S/C25H23N3OS/c1-2-27-23(20-12-6-3-7-13-20)18-26-25(27)30-19-24(29)28(21-14-8-4-9-15-21)22-16-10-5-11-17-22/h3-18H,2,19H2,1H3. The minimum absolute atomic E-state index is 0.0179. The summed E-state index contributed by atoms with van der Waals surface area (Å²) in [6.07, 6.45) is 1.89. The fourth-order valence-electron chi connectivity index (χ4n) is 3.40. The van der Waals surface area contributed by atoms with E-state index in [9.17, 15) is 4.79 Å². The van der Waals surface area contributed by atoms with E-state index in [1.807, 2.05) is 85.1 Å². The Balaban J connectivity index is 1.57. The molecule has 0 bridgehead atoms. The molecule has 3 aromatic carbocycles. The van der Waals surface area contributed by atoms with Crippen molar-refractivity contribution in [3.05, 3.63) is 97.2 Å². The van der Waals surface area contributed by atoms with Crippen molar-refractivity contribution in [2.75, 3.05) is 10.7 Å². The molecule has 150 valence electrons. The van der Waals surface area contributed by atoms with Crippen molar-refractivity contribution in [1.82, 2.24) is 9.55 Å². The van der Waals surface area contributed by atoms with Crippen molar-refractivity contribution in [1.29, 1.82) is 0 Å². The molecule has 0 saturated carbocycles. The Bertz CT molecular complexity index is 1060. The molecule has 0 saturated heterocycles. The molecule has 1 aromatic heterocycles. The number of thioether (sulfide) groups is 1. The van der Waals surface area contributed by atoms with Gasteiger partial charge in [-0.15, -0.1) is 0 Å². The van der Waals surface area contributed by atoms with Crippen LogP contribution in [0.4, 0.5) is 11.4 Å². The summed E-state index contributed by atoms with van der Waals surface area (Å²) in [5, 5.41) is 0.853. The molecular formula is C25H23N3OS. The fourth-order valence-corrected chi connectivity index (χ4v) is 4.29. The predicted molar refractivity (Wildman–Crippen MR) is 124 cm³/mol. The zero-order chi connectivity index (χ0) is 20.8. The van der Waals surface area contributed by atoms with Gasteiger partial charge in [0.25, 0.3) is 0 Å². The van der Waals surface area contributed by atoms with E-state index >= 15 is 0 Å². The maximum Gasteiger partial charge on any atom is 0.242 e. The first-order chi connectivity index (χ1) is 14.8. The van der Waals surface area contributed by atoms with Crippen LogP contribution in [0.15, 0.2) is 102 Å². The molecule has 0 N–H and O–H groups in total. The number of hydrogen-bond acceptors (Lipinski definition) is 3. The summed E-state index contributed by atoms with van der Waals surface area (Å²) in [5.74, 6) is 0.319. The lowest BCUT2D eigenvalue weighted by Crippen LogP contribution is -2.27. The lowest BCUT2D eigenvalue weighted by atomic mass is 10.2. The van der Waals surface area contributed by atoms with Crippen molar-refractivity contribution in [2.24, 2.45) is 0 Å². The Morgan fingerprint density at radius 3 is 1.93 bits per heavy atom. The molecule has 0 radical (unpaired) electrons. The highest BCUT2D eigenvalue weighted by Gasteiger charge is 2.19. The maximum atomic E-state index is 13.3. The van der Waals surface area contributed by atoms with Crippen LogP contribution < -0.4 is 4.90 Å². The van der Waals surface area contributed by atoms with Crippen molar-refractivity contribution < 1.29 is 4.79 Å². The normalized spacial score (nSPS) is 10.7. The van der Waals surface area contributed by atoms with Crippen molar-refractivity contribution in [3.8, 4) is 11.3 Å². The lowest BCUT2D eigenvalue weighted by molar-refractivity contribution is -0.115. The van der Waals surface area contributed by atoms with Crippen LogP contribution in [0.1, 0.15) is 6.92 Å². The third kappa shape index (κ3) is 4.31. The van der Waals surface area contributed by atoms with Crippen LogP contribution in [-0.4, -0.2) is 21.2 Å². The van der Waals surface area contributed by atoms with Crippen LogP contribution in [0.3, 0.4) is 0 Å². The number of para-hydroxylation sites is 2. The van der Waals surface area contributed by atoms with E-state index in [0.717, 1.165) is 34.3 Å². The summed E-state index contributed by atoms with van der Waals surface area (Å²) in [6.45, 7) is 2.89. The highest BCUT2D eigenvalue weighted by Crippen LogP contribution is 2.29. The molecule has 0 unspecified atom stereocenters. The van der Waals surface area contributed by atoms with Gasteiger partial charge in [0.15, 0.2) is 5.16 Å². The van der Waals surface area contributed by atoms with Gasteiger partial charge in [-0.1, -0.05) is 78.5 Å². The molecule has 1 heterocycles. The Hall–Kier alpha value is -3.31. The first kappa shape index (κ1) is 20.0. The summed E-state index contributed by atoms with van der Waals surface area (Å²) in [7, 11) is 0. The predicted octanol–water partition coefficient (Wildman–Crippen LogP) is 6.03. The highest BCUT2D eigenvalue weighted by molar-refractivity contribution is 7.99. The number of carbonyl (C=O) groups excluding carboxylic acids is 1. The van der Waals surface area contributed by atoms with Crippen LogP contribution in [0.25, 0.3) is 11.3 Å². The monoisotopic (exact) mass is 413 g/mol. The van der Waals surface area contributed by atoms with E-state index < -0.39 is 0 Å². The number of hydrogen-bond donors (Lipinski definition) is 0. The van der Waals surface area contributed by atoms with Crippen molar-refractivity contribution in [3.63, 3.8) is 0 Å². The molecule has 30 heavy (non-hydrogen) atoms. The van der Waals surface area contributed by atoms with Gasteiger partial charge in [0.1, 0.15) is 0 Å². The second-order valence-electron chi connectivity index (χ2n) is 6.73. The molecule has 0 fully saturated rings. The Morgan fingerprint density at radius 2 is 1.40 bits per heavy atom. The van der Waals surface area contributed by atoms with Gasteiger partial charge in [0.2, 0.25) is 5.91 Å². The molecule has 4 rings (SSSR count). The van der Waals surface area contributed by atoms with Gasteiger partial charge in [-0.2, -0.15) is 0 Å². The molecule has 0 spiro atoms. The summed E-state index contributed by atoms with van der Waals surface area (Å²) in [5.41, 5.74) is 3.91. The van der Waals surface area contributed by atoms with Crippen LogP contribution in [0.5, 0.6) is 0 Å². The van der Waals surface area contributed by atoms with E-state index in [4.69, 9.17) is 0 Å². The molecular weight excluding hydrogens is 390 g/mol. The zero-order valence-corrected chi connectivity index (χ0v) is 17.6. The Kier molecular flexibility index (Phi) is 6.30. The topological polar surface area (TPSA) is 38.1 Å². The zero-order valence-electron chi connectivity index (χ0n) is 16.8. The summed E-state index contributed by atoms with van der Waals surface area (Å²) in [4.78, 5) is 19.6. The molecule has 1 amide bonds. The highest BCUT2D eigenvalue weighted by atomic mass is 32.2. The molecule has 5 heteroatoms. The number of anilines is 2. The van der Waals surface area contributed by atoms with Crippen molar-refractivity contribution in [2.45, 2.75) is 18.6 Å². The van der Waals surface area contributed by atoms with Gasteiger partial charge < -0.3 is 4.57 Å². The van der Waals surface area contributed by atoms with Crippen LogP contribution >= 0.6 is 11.8 Å². The van der Waals surface area contributed by atoms with Gasteiger partial charge in [-0.25, -0.2) is 4.98 Å². The summed E-state index contributed by atoms with van der Waals surface area (Å²) < 4.78 is 2.16. The summed E-state index contributed by atoms with van der Waals surface area (Å²) in [6, 6.07) is 29.7. The number of amides is 1. The van der Waals surface area contributed by atoms with Gasteiger partial charge in [0, 0.05) is 17.9 Å². The third-order valence-corrected chi connectivity index (χ3v) is 5.78. The van der Waals surface area contributed by atoms with Gasteiger partial charge >= 0.3 is 0 Å². The van der Waals surface area contributed by atoms with E-state index in [-0.39, 0.29) is 5.91 Å². The quantitative estimate of drug-likeness (QED) is 0.347. The van der Waals surface area contributed by atoms with Crippen LogP contribution in [-0.2, 0) is 11.3 Å². The van der Waals surface area contributed by atoms with Gasteiger partial charge in [0.05, 0.1) is 17.6 Å². The second-order valence-corrected chi connectivity index (χ2v) is 7.67. The third-order valence-electron chi connectivity index (χ3n) is 4.81. The van der Waals surface area contributed by atoms with Crippen LogP contribution in [0, 0.1) is 0 Å². The molecule has 0 atom stereocenters. The lowest BCUT2D eigenvalue weighted by Gasteiger charge is -2.23. The first-order valence-electron chi connectivity index (χ1n) is 9.94. The smallest absolute Gasteiger partial charge is 0.242 e. The number of imidazole rings is 1. The second kappa shape index (κ2) is 9.46. The van der Waals surface area contributed by atoms with Gasteiger partial charge in [-0.05, 0) is 36.8 Å². The van der Waals surface area contributed by atoms with E-state index in [1.54, 1.807) is 4.90 Å². The largest absolute Gasteiger partial charge is 0.319 e. The minimum atomic E-state index is 0.0179. The van der Waals surface area contributed by atoms with E-state index in [1.165, 1.54) is 11.8 Å². The Morgan fingerprint density at radius 1 is 0.867 bits per heavy atom. The molecule has 0 aliphatic carbocycles. The van der Waals surface area contributed by atoms with Crippen LogP contribution in [0.2, 0.25) is 0 Å². The number of aromatic nitrogens is 2. The summed E-state index contributed by atoms with van der Waals surface area (Å²) >= 11 is 1.47. The molecule has 0 aliphatic rings. The van der Waals surface area contributed by atoms with Gasteiger partial charge in [-0.3, -0.25) is 9.69 Å². The fraction of sp³-hybridized carbons (Fsp3) is 0.120. The average Bonchev–Trinajstić information content (AvgIpc) is 3.23. The molecule has 4 aromatic rings. The SMILES string of the molecule is CCn1c(-c2ccccc2)cnc1SCC(=O)N(c1ccccc1)c1ccccc1. The van der Waals surface area contributed by atoms with E-state index in [2.05, 4.69) is 28.6 Å². The van der Waals surface area contributed by atoms with E-state index in [0.29, 0.717) is 5.75 Å². The maximum absolute atomic E-state index is 13.3. The first-order valence-corrected chi connectivity index (χ1v) is 10.9. The molecule has 4 nitrogen and oxygen atoms in total. The number of rotatable bonds is 7. The average molecular weight is 414 g/mol. The number of carbonyl (C=O) groups is 1. The number of nitrogens with zero attached hydrogens (tertiary/aromatic N) is 3. The molecule has 0 aliphatic heterocycles. The number of benzene rings is 3. The Labute approximate surface area is 181 Å². The van der Waals surface area contributed by atoms with Crippen molar-refractivity contribution >= 4 is 29.0 Å². The minimum Gasteiger partial charge on any atom is -0.319 e.